The molecule has 34 heavy (non-hydrogen) atoms. The number of methoxy groups -OCH3 is 1. The molecule has 0 amide bonds. The van der Waals surface area contributed by atoms with Crippen molar-refractivity contribution in [2.45, 2.75) is 26.8 Å². The molecular formula is C25H22BrIN2O4S. The van der Waals surface area contributed by atoms with E-state index in [1.807, 2.05) is 49.4 Å². The molecule has 0 N–H and O–H groups in total. The van der Waals surface area contributed by atoms with Crippen molar-refractivity contribution in [3.63, 3.8) is 0 Å². The number of hydrogen-bond acceptors (Lipinski definition) is 6. The highest BCUT2D eigenvalue weighted by molar-refractivity contribution is 14.1. The van der Waals surface area contributed by atoms with Gasteiger partial charge in [0.15, 0.2) is 4.80 Å². The minimum Gasteiger partial charge on any atom is -0.495 e. The van der Waals surface area contributed by atoms with Crippen molar-refractivity contribution >= 4 is 61.9 Å². The Balaban J connectivity index is 1.99. The summed E-state index contributed by atoms with van der Waals surface area (Å²) in [6.45, 7) is 5.78. The topological polar surface area (TPSA) is 69.9 Å². The smallest absolute Gasteiger partial charge is 0.338 e. The molecule has 0 bridgehead atoms. The fourth-order valence-electron chi connectivity index (χ4n) is 3.90. The number of aromatic nitrogens is 1. The Morgan fingerprint density at radius 1 is 1.26 bits per heavy atom. The van der Waals surface area contributed by atoms with Crippen LogP contribution in [0.4, 0.5) is 0 Å². The van der Waals surface area contributed by atoms with Gasteiger partial charge >= 0.3 is 5.97 Å². The first-order chi connectivity index (χ1) is 16.2. The molecule has 3 aromatic rings. The second-order valence-corrected chi connectivity index (χ2v) is 10.8. The molecule has 4 rings (SSSR count). The molecule has 176 valence electrons. The van der Waals surface area contributed by atoms with Gasteiger partial charge in [0.2, 0.25) is 0 Å². The van der Waals surface area contributed by atoms with E-state index in [9.17, 15) is 9.59 Å². The van der Waals surface area contributed by atoms with Crippen LogP contribution in [-0.4, -0.2) is 24.3 Å². The van der Waals surface area contributed by atoms with Gasteiger partial charge in [-0.1, -0.05) is 57.1 Å². The van der Waals surface area contributed by atoms with Crippen LogP contribution in [0.25, 0.3) is 6.08 Å². The van der Waals surface area contributed by atoms with E-state index in [-0.39, 0.29) is 12.2 Å². The molecule has 0 aliphatic carbocycles. The zero-order chi connectivity index (χ0) is 24.6. The molecule has 1 aliphatic rings. The van der Waals surface area contributed by atoms with Crippen LogP contribution in [0.5, 0.6) is 5.75 Å². The maximum absolute atomic E-state index is 13.7. The summed E-state index contributed by atoms with van der Waals surface area (Å²) < 4.78 is 14.8. The molecule has 0 unspecified atom stereocenters. The Labute approximate surface area is 222 Å². The van der Waals surface area contributed by atoms with Gasteiger partial charge < -0.3 is 9.47 Å². The van der Waals surface area contributed by atoms with Crippen molar-refractivity contribution in [1.82, 2.24) is 4.57 Å². The number of ether oxygens (including phenoxy) is 2. The molecule has 1 aliphatic heterocycles. The van der Waals surface area contributed by atoms with Gasteiger partial charge in [0.25, 0.3) is 5.56 Å². The van der Waals surface area contributed by atoms with Crippen LogP contribution in [0, 0.1) is 10.5 Å². The van der Waals surface area contributed by atoms with E-state index in [4.69, 9.17) is 9.47 Å². The predicted octanol–water partition coefficient (Wildman–Crippen LogP) is 4.48. The van der Waals surface area contributed by atoms with Crippen molar-refractivity contribution in [2.75, 3.05) is 13.7 Å². The van der Waals surface area contributed by atoms with Crippen molar-refractivity contribution in [2.24, 2.45) is 4.99 Å². The Morgan fingerprint density at radius 2 is 1.97 bits per heavy atom. The van der Waals surface area contributed by atoms with Crippen molar-refractivity contribution in [1.29, 1.82) is 0 Å². The second kappa shape index (κ2) is 10.2. The number of thiazole rings is 1. The number of halogens is 2. The van der Waals surface area contributed by atoms with Gasteiger partial charge in [0.1, 0.15) is 5.75 Å². The fourth-order valence-corrected chi connectivity index (χ4v) is 6.71. The number of nitrogens with zero attached hydrogens (tertiary/aromatic N) is 2. The van der Waals surface area contributed by atoms with E-state index in [0.717, 1.165) is 24.7 Å². The number of fused-ring (bicyclic) bond motifs is 1. The number of allylic oxidation sites excluding steroid dienone is 1. The van der Waals surface area contributed by atoms with Gasteiger partial charge in [-0.05, 0) is 67.1 Å². The third kappa shape index (κ3) is 4.65. The number of aryl methyl sites for hydroxylation is 1. The molecule has 0 saturated carbocycles. The summed E-state index contributed by atoms with van der Waals surface area (Å²) >= 11 is 7.01. The van der Waals surface area contributed by atoms with Gasteiger partial charge in [0, 0.05) is 10.0 Å². The molecule has 1 aromatic heterocycles. The quantitative estimate of drug-likeness (QED) is 0.301. The third-order valence-electron chi connectivity index (χ3n) is 5.44. The first kappa shape index (κ1) is 24.9. The molecule has 0 fully saturated rings. The Bertz CT molecular complexity index is 1490. The fraction of sp³-hybridized carbons (Fsp3) is 0.240. The lowest BCUT2D eigenvalue weighted by atomic mass is 9.95. The van der Waals surface area contributed by atoms with E-state index in [2.05, 4.69) is 43.5 Å². The number of carbonyl (C=O) groups excluding carboxylic acids is 1. The summed E-state index contributed by atoms with van der Waals surface area (Å²) in [5.74, 6) is 0.222. The number of esters is 1. The lowest BCUT2D eigenvalue weighted by Crippen LogP contribution is -2.39. The Kier molecular flexibility index (Phi) is 7.44. The molecule has 9 heteroatoms. The Hall–Kier alpha value is -2.24. The minimum atomic E-state index is -0.623. The highest BCUT2D eigenvalue weighted by atomic mass is 127. The van der Waals surface area contributed by atoms with Gasteiger partial charge in [-0.3, -0.25) is 9.36 Å². The zero-order valence-electron chi connectivity index (χ0n) is 19.0. The summed E-state index contributed by atoms with van der Waals surface area (Å²) in [5, 5.41) is 0. The molecule has 0 saturated heterocycles. The van der Waals surface area contributed by atoms with Crippen molar-refractivity contribution in [3.8, 4) is 5.75 Å². The standard InChI is InChI=1S/C25H22BrIN2O4S/c1-5-33-24(31)20-14(3)28-25-29(21(20)15-8-6-13(2)7-9-15)23(30)19(34-25)11-16-10-17(26)12-18(27)22(16)32-4/h6-12,21H,5H2,1-4H3/b19-11-/t21-/m1/s1. The van der Waals surface area contributed by atoms with Gasteiger partial charge in [0.05, 0.1) is 39.1 Å². The number of rotatable bonds is 5. The third-order valence-corrected chi connectivity index (χ3v) is 7.68. The van der Waals surface area contributed by atoms with E-state index in [1.165, 1.54) is 11.3 Å². The van der Waals surface area contributed by atoms with Crippen LogP contribution in [0.3, 0.4) is 0 Å². The highest BCUT2D eigenvalue weighted by Gasteiger charge is 2.33. The predicted molar refractivity (Wildman–Crippen MR) is 145 cm³/mol. The number of carbonyl (C=O) groups is 1. The largest absolute Gasteiger partial charge is 0.495 e. The van der Waals surface area contributed by atoms with E-state index in [0.29, 0.717) is 26.4 Å². The molecular weight excluding hydrogens is 631 g/mol. The lowest BCUT2D eigenvalue weighted by molar-refractivity contribution is -0.139. The second-order valence-electron chi connectivity index (χ2n) is 7.72. The normalized spacial score (nSPS) is 15.7. The summed E-state index contributed by atoms with van der Waals surface area (Å²) in [4.78, 5) is 31.8. The van der Waals surface area contributed by atoms with E-state index < -0.39 is 12.0 Å². The molecule has 0 spiro atoms. The first-order valence-electron chi connectivity index (χ1n) is 10.5. The van der Waals surface area contributed by atoms with Crippen molar-refractivity contribution in [3.05, 3.63) is 92.1 Å². The highest BCUT2D eigenvalue weighted by Crippen LogP contribution is 2.32. The minimum absolute atomic E-state index is 0.222. The van der Waals surface area contributed by atoms with Crippen LogP contribution in [0.1, 0.15) is 36.6 Å². The van der Waals surface area contributed by atoms with Crippen LogP contribution >= 0.6 is 49.9 Å². The van der Waals surface area contributed by atoms with Gasteiger partial charge in [-0.25, -0.2) is 9.79 Å². The summed E-state index contributed by atoms with van der Waals surface area (Å²) in [5.41, 5.74) is 3.39. The van der Waals surface area contributed by atoms with Crippen LogP contribution < -0.4 is 19.6 Å². The molecule has 0 radical (unpaired) electrons. The maximum atomic E-state index is 13.7. The average Bonchev–Trinajstić information content (AvgIpc) is 3.08. The lowest BCUT2D eigenvalue weighted by Gasteiger charge is -2.24. The van der Waals surface area contributed by atoms with E-state index >= 15 is 0 Å². The van der Waals surface area contributed by atoms with Crippen LogP contribution in [-0.2, 0) is 9.53 Å². The summed E-state index contributed by atoms with van der Waals surface area (Å²) in [6, 6.07) is 11.1. The molecule has 2 heterocycles. The zero-order valence-corrected chi connectivity index (χ0v) is 23.6. The SMILES string of the molecule is CCOC(=O)C1=C(C)N=c2s/c(=C\c3cc(Br)cc(I)c3OC)c(=O)n2[C@@H]1c1ccc(C)cc1. The van der Waals surface area contributed by atoms with Gasteiger partial charge in [-0.2, -0.15) is 0 Å². The van der Waals surface area contributed by atoms with Crippen LogP contribution in [0.2, 0.25) is 0 Å². The molecule has 1 atom stereocenters. The number of benzene rings is 2. The van der Waals surface area contributed by atoms with Crippen LogP contribution in [0.15, 0.2) is 61.9 Å². The monoisotopic (exact) mass is 652 g/mol. The van der Waals surface area contributed by atoms with E-state index in [1.54, 1.807) is 25.5 Å². The number of hydrogen-bond donors (Lipinski definition) is 0. The summed E-state index contributed by atoms with van der Waals surface area (Å²) in [6.07, 6.45) is 1.81. The van der Waals surface area contributed by atoms with Gasteiger partial charge in [-0.15, -0.1) is 0 Å². The first-order valence-corrected chi connectivity index (χ1v) is 13.2. The maximum Gasteiger partial charge on any atom is 0.338 e. The average molecular weight is 653 g/mol. The Morgan fingerprint density at radius 3 is 2.62 bits per heavy atom. The molecule has 6 nitrogen and oxygen atoms in total. The van der Waals surface area contributed by atoms with Crippen molar-refractivity contribution < 1.29 is 14.3 Å². The summed E-state index contributed by atoms with van der Waals surface area (Å²) in [7, 11) is 1.61. The molecule has 2 aromatic carbocycles.